The van der Waals surface area contributed by atoms with E-state index in [1.807, 2.05) is 17.8 Å². The van der Waals surface area contributed by atoms with Crippen LogP contribution in [0.5, 0.6) is 0 Å². The molecule has 0 aliphatic rings. The first-order chi connectivity index (χ1) is 8.36. The second kappa shape index (κ2) is 8.93. The van der Waals surface area contributed by atoms with Gasteiger partial charge in [0, 0.05) is 23.7 Å². The smallest absolute Gasteiger partial charge is 0.191 e. The Morgan fingerprint density at radius 3 is 2.35 bits per heavy atom. The van der Waals surface area contributed by atoms with Gasteiger partial charge in [0.1, 0.15) is 0 Å². The van der Waals surface area contributed by atoms with E-state index in [0.29, 0.717) is 0 Å². The number of guanidine groups is 1. The Labute approximate surface area is 108 Å². The Morgan fingerprint density at radius 2 is 1.76 bits per heavy atom. The van der Waals surface area contributed by atoms with Gasteiger partial charge in [-0.15, -0.1) is 11.8 Å². The van der Waals surface area contributed by atoms with E-state index in [-0.39, 0.29) is 0 Å². The molecule has 0 unspecified atom stereocenters. The summed E-state index contributed by atoms with van der Waals surface area (Å²) in [7, 11) is 0. The third-order valence-electron chi connectivity index (χ3n) is 2.06. The van der Waals surface area contributed by atoms with Crippen LogP contribution < -0.4 is 10.6 Å². The molecule has 0 spiro atoms. The molecule has 0 aliphatic carbocycles. The summed E-state index contributed by atoms with van der Waals surface area (Å²) in [5.74, 6) is 1.91. The van der Waals surface area contributed by atoms with Crippen LogP contribution in [0.1, 0.15) is 13.8 Å². The van der Waals surface area contributed by atoms with Crippen molar-refractivity contribution in [1.29, 1.82) is 0 Å². The van der Waals surface area contributed by atoms with E-state index in [0.717, 1.165) is 31.3 Å². The van der Waals surface area contributed by atoms with E-state index < -0.39 is 0 Å². The maximum atomic E-state index is 4.49. The van der Waals surface area contributed by atoms with Crippen LogP contribution in [0.2, 0.25) is 0 Å². The molecule has 0 bridgehead atoms. The van der Waals surface area contributed by atoms with E-state index in [9.17, 15) is 0 Å². The minimum Gasteiger partial charge on any atom is -0.357 e. The summed E-state index contributed by atoms with van der Waals surface area (Å²) in [6, 6.07) is 10.4. The highest BCUT2D eigenvalue weighted by Gasteiger charge is 1.94. The van der Waals surface area contributed by atoms with Crippen LogP contribution in [-0.4, -0.2) is 31.3 Å². The fourth-order valence-electron chi connectivity index (χ4n) is 1.35. The Bertz CT molecular complexity index is 317. The zero-order valence-corrected chi connectivity index (χ0v) is 11.4. The summed E-state index contributed by atoms with van der Waals surface area (Å²) < 4.78 is 0. The lowest BCUT2D eigenvalue weighted by Crippen LogP contribution is -2.37. The molecule has 4 heteroatoms. The van der Waals surface area contributed by atoms with Crippen LogP contribution in [0, 0.1) is 0 Å². The van der Waals surface area contributed by atoms with Gasteiger partial charge in [-0.2, -0.15) is 0 Å². The van der Waals surface area contributed by atoms with Crippen LogP contribution in [0.25, 0.3) is 0 Å². The first-order valence-electron chi connectivity index (χ1n) is 6.06. The third kappa shape index (κ3) is 6.22. The van der Waals surface area contributed by atoms with Crippen molar-refractivity contribution < 1.29 is 0 Å². The lowest BCUT2D eigenvalue weighted by molar-refractivity contribution is 0.846. The highest BCUT2D eigenvalue weighted by Crippen LogP contribution is 2.16. The van der Waals surface area contributed by atoms with Crippen molar-refractivity contribution in [3.8, 4) is 0 Å². The van der Waals surface area contributed by atoms with Crippen molar-refractivity contribution >= 4 is 17.7 Å². The predicted molar refractivity (Wildman–Crippen MR) is 76.8 cm³/mol. The maximum absolute atomic E-state index is 4.49. The van der Waals surface area contributed by atoms with Crippen LogP contribution in [0.4, 0.5) is 0 Å². The van der Waals surface area contributed by atoms with Gasteiger partial charge < -0.3 is 10.6 Å². The van der Waals surface area contributed by atoms with Crippen molar-refractivity contribution in [1.82, 2.24) is 10.6 Å². The molecule has 1 aromatic rings. The number of rotatable bonds is 6. The first-order valence-corrected chi connectivity index (χ1v) is 7.05. The van der Waals surface area contributed by atoms with Gasteiger partial charge in [-0.05, 0) is 26.0 Å². The number of aliphatic imine (C=N–C) groups is 1. The van der Waals surface area contributed by atoms with Gasteiger partial charge in [-0.1, -0.05) is 18.2 Å². The van der Waals surface area contributed by atoms with E-state index in [1.165, 1.54) is 4.90 Å². The molecule has 0 saturated heterocycles. The summed E-state index contributed by atoms with van der Waals surface area (Å²) in [5.41, 5.74) is 0. The minimum atomic E-state index is 0.828. The normalized spacial score (nSPS) is 9.76. The monoisotopic (exact) mass is 251 g/mol. The molecule has 1 aromatic carbocycles. The summed E-state index contributed by atoms with van der Waals surface area (Å²) in [4.78, 5) is 5.79. The Morgan fingerprint density at radius 1 is 1.12 bits per heavy atom. The quantitative estimate of drug-likeness (QED) is 0.353. The van der Waals surface area contributed by atoms with Gasteiger partial charge in [-0.3, -0.25) is 4.99 Å². The number of hydrogen-bond donors (Lipinski definition) is 2. The molecule has 3 nitrogen and oxygen atoms in total. The Balaban J connectivity index is 2.27. The first kappa shape index (κ1) is 13.9. The topological polar surface area (TPSA) is 36.4 Å². The summed E-state index contributed by atoms with van der Waals surface area (Å²) in [6.45, 7) is 6.78. The lowest BCUT2D eigenvalue weighted by atomic mass is 10.4. The summed E-state index contributed by atoms with van der Waals surface area (Å²) in [5, 5.41) is 6.42. The van der Waals surface area contributed by atoms with E-state index >= 15 is 0 Å². The van der Waals surface area contributed by atoms with Gasteiger partial charge >= 0.3 is 0 Å². The molecular formula is C13H21N3S. The standard InChI is InChI=1S/C13H21N3S/c1-3-14-13(15-4-2)16-10-11-17-12-8-6-5-7-9-12/h5-9H,3-4,10-11H2,1-2H3,(H2,14,15,16). The second-order valence-corrected chi connectivity index (χ2v) is 4.62. The summed E-state index contributed by atoms with van der Waals surface area (Å²) >= 11 is 1.84. The number of benzene rings is 1. The van der Waals surface area contributed by atoms with Crippen molar-refractivity contribution in [2.75, 3.05) is 25.4 Å². The number of thioether (sulfide) groups is 1. The second-order valence-electron chi connectivity index (χ2n) is 3.45. The maximum Gasteiger partial charge on any atom is 0.191 e. The molecular weight excluding hydrogens is 230 g/mol. The number of nitrogens with zero attached hydrogens (tertiary/aromatic N) is 1. The van der Waals surface area contributed by atoms with Crippen molar-refractivity contribution in [2.24, 2.45) is 4.99 Å². The van der Waals surface area contributed by atoms with Crippen molar-refractivity contribution in [3.63, 3.8) is 0 Å². The lowest BCUT2D eigenvalue weighted by Gasteiger charge is -2.08. The fourth-order valence-corrected chi connectivity index (χ4v) is 2.11. The average molecular weight is 251 g/mol. The van der Waals surface area contributed by atoms with Crippen molar-refractivity contribution in [2.45, 2.75) is 18.7 Å². The molecule has 0 aromatic heterocycles. The third-order valence-corrected chi connectivity index (χ3v) is 3.05. The number of nitrogens with one attached hydrogen (secondary N) is 2. The molecule has 0 radical (unpaired) electrons. The molecule has 2 N–H and O–H groups in total. The molecule has 94 valence electrons. The molecule has 1 rings (SSSR count). The highest BCUT2D eigenvalue weighted by molar-refractivity contribution is 7.99. The van der Waals surface area contributed by atoms with E-state index in [4.69, 9.17) is 0 Å². The SMILES string of the molecule is CCNC(=NCCSc1ccccc1)NCC. The zero-order chi connectivity index (χ0) is 12.3. The van der Waals surface area contributed by atoms with Gasteiger partial charge in [0.15, 0.2) is 5.96 Å². The highest BCUT2D eigenvalue weighted by atomic mass is 32.2. The van der Waals surface area contributed by atoms with Crippen LogP contribution in [0.3, 0.4) is 0 Å². The predicted octanol–water partition coefficient (Wildman–Crippen LogP) is 2.35. The van der Waals surface area contributed by atoms with Gasteiger partial charge in [-0.25, -0.2) is 0 Å². The van der Waals surface area contributed by atoms with Crippen molar-refractivity contribution in [3.05, 3.63) is 30.3 Å². The Kier molecular flexibility index (Phi) is 7.30. The zero-order valence-electron chi connectivity index (χ0n) is 10.6. The molecule has 0 saturated carbocycles. The fraction of sp³-hybridized carbons (Fsp3) is 0.462. The Hall–Kier alpha value is -1.16. The van der Waals surface area contributed by atoms with E-state index in [1.54, 1.807) is 0 Å². The molecule has 0 amide bonds. The van der Waals surface area contributed by atoms with Crippen LogP contribution in [0.15, 0.2) is 40.2 Å². The van der Waals surface area contributed by atoms with Gasteiger partial charge in [0.2, 0.25) is 0 Å². The molecule has 17 heavy (non-hydrogen) atoms. The van der Waals surface area contributed by atoms with Crippen LogP contribution in [-0.2, 0) is 0 Å². The molecule has 0 fully saturated rings. The van der Waals surface area contributed by atoms with Crippen LogP contribution >= 0.6 is 11.8 Å². The molecule has 0 heterocycles. The number of hydrogen-bond acceptors (Lipinski definition) is 2. The van der Waals surface area contributed by atoms with Gasteiger partial charge in [0.05, 0.1) is 6.54 Å². The minimum absolute atomic E-state index is 0.828. The van der Waals surface area contributed by atoms with Gasteiger partial charge in [0.25, 0.3) is 0 Å². The van der Waals surface area contributed by atoms with E-state index in [2.05, 4.69) is 53.7 Å². The largest absolute Gasteiger partial charge is 0.357 e. The molecule has 0 aliphatic heterocycles. The summed E-state index contributed by atoms with van der Waals surface area (Å²) in [6.07, 6.45) is 0. The average Bonchev–Trinajstić information content (AvgIpc) is 2.36. The molecule has 0 atom stereocenters.